The zero-order valence-corrected chi connectivity index (χ0v) is 16.8. The number of nitrogens with zero attached hydrogens (tertiary/aromatic N) is 3. The van der Waals surface area contributed by atoms with Crippen molar-refractivity contribution >= 4 is 28.1 Å². The van der Waals surface area contributed by atoms with Gasteiger partial charge in [-0.1, -0.05) is 36.1 Å². The molecule has 0 radical (unpaired) electrons. The molecule has 2 aromatic heterocycles. The second-order valence-electron chi connectivity index (χ2n) is 6.31. The van der Waals surface area contributed by atoms with Crippen LogP contribution in [0.25, 0.3) is 10.6 Å². The van der Waals surface area contributed by atoms with Crippen LogP contribution >= 0.6 is 11.8 Å². The van der Waals surface area contributed by atoms with Gasteiger partial charge in [-0.2, -0.15) is 0 Å². The van der Waals surface area contributed by atoms with Gasteiger partial charge < -0.3 is 10.6 Å². The fourth-order valence-corrected chi connectivity index (χ4v) is 3.70. The number of anilines is 1. The van der Waals surface area contributed by atoms with Gasteiger partial charge in [-0.3, -0.25) is 4.40 Å². The molecule has 0 aromatic carbocycles. The fraction of sp³-hybridized carbons (Fsp3) is 0.238. The molecular weight excluding hydrogens is 354 g/mol. The molecule has 3 rings (SSSR count). The van der Waals surface area contributed by atoms with Crippen molar-refractivity contribution in [2.24, 2.45) is 0 Å². The monoisotopic (exact) mass is 379 g/mol. The Hall–Kier alpha value is -2.73. The predicted octanol–water partition coefficient (Wildman–Crippen LogP) is 5.11. The van der Waals surface area contributed by atoms with Gasteiger partial charge in [-0.05, 0) is 44.8 Å². The maximum Gasteiger partial charge on any atom is 0.180 e. The van der Waals surface area contributed by atoms with Crippen molar-refractivity contribution in [2.45, 2.75) is 27.2 Å². The smallest absolute Gasteiger partial charge is 0.180 e. The number of aromatic nitrogens is 3. The van der Waals surface area contributed by atoms with Crippen molar-refractivity contribution < 1.29 is 0 Å². The van der Waals surface area contributed by atoms with E-state index in [4.69, 9.17) is 0 Å². The van der Waals surface area contributed by atoms with Crippen LogP contribution in [-0.2, 0) is 0 Å². The highest BCUT2D eigenvalue weighted by molar-refractivity contribution is 8.11. The second kappa shape index (κ2) is 8.77. The van der Waals surface area contributed by atoms with E-state index in [1.807, 2.05) is 31.5 Å². The standard InChI is InChI=1S/C21H25N5S/c1-5-7-17(12-16(4)22-6-2)25-20-21-24-13-18(26(21)11-10-23-20)19-9-8-15(3)14-27-19/h5,7,9-14,22H,1,6,8H2,2-4H3,(H,23,25)/b16-12+,17-7+. The normalized spacial score (nSPS) is 15.4. The molecule has 0 saturated carbocycles. The van der Waals surface area contributed by atoms with Crippen LogP contribution in [0, 0.1) is 0 Å². The summed E-state index contributed by atoms with van der Waals surface area (Å²) in [6, 6.07) is 0. The quantitative estimate of drug-likeness (QED) is 0.655. The molecule has 3 heterocycles. The molecule has 0 spiro atoms. The van der Waals surface area contributed by atoms with E-state index in [-0.39, 0.29) is 0 Å². The van der Waals surface area contributed by atoms with Crippen molar-refractivity contribution in [3.05, 3.63) is 77.5 Å². The summed E-state index contributed by atoms with van der Waals surface area (Å²) in [6.07, 6.45) is 14.6. The minimum atomic E-state index is 0.713. The van der Waals surface area contributed by atoms with Crippen LogP contribution in [0.3, 0.4) is 0 Å². The molecule has 0 amide bonds. The predicted molar refractivity (Wildman–Crippen MR) is 116 cm³/mol. The number of nitrogens with one attached hydrogen (secondary N) is 2. The van der Waals surface area contributed by atoms with Gasteiger partial charge in [0.2, 0.25) is 0 Å². The summed E-state index contributed by atoms with van der Waals surface area (Å²) in [7, 11) is 0. The molecule has 2 aromatic rings. The number of fused-ring (bicyclic) bond motifs is 1. The van der Waals surface area contributed by atoms with Crippen LogP contribution in [0.4, 0.5) is 5.82 Å². The maximum absolute atomic E-state index is 4.62. The second-order valence-corrected chi connectivity index (χ2v) is 7.22. The first-order valence-electron chi connectivity index (χ1n) is 8.99. The lowest BCUT2D eigenvalue weighted by atomic mass is 10.2. The summed E-state index contributed by atoms with van der Waals surface area (Å²) in [4.78, 5) is 10.3. The Bertz CT molecular complexity index is 962. The van der Waals surface area contributed by atoms with E-state index in [1.54, 1.807) is 24.0 Å². The van der Waals surface area contributed by atoms with Crippen LogP contribution < -0.4 is 10.6 Å². The van der Waals surface area contributed by atoms with E-state index in [0.29, 0.717) is 5.82 Å². The Kier molecular flexibility index (Phi) is 6.19. The first-order chi connectivity index (χ1) is 13.1. The summed E-state index contributed by atoms with van der Waals surface area (Å²) in [5.74, 6) is 0.713. The van der Waals surface area contributed by atoms with Crippen LogP contribution in [0.15, 0.2) is 71.8 Å². The molecular formula is C21H25N5S. The minimum Gasteiger partial charge on any atom is -0.389 e. The van der Waals surface area contributed by atoms with Crippen molar-refractivity contribution in [1.29, 1.82) is 0 Å². The lowest BCUT2D eigenvalue weighted by Crippen LogP contribution is -2.11. The lowest BCUT2D eigenvalue weighted by molar-refractivity contribution is 0.853. The highest BCUT2D eigenvalue weighted by atomic mass is 32.2. The molecule has 2 N–H and O–H groups in total. The van der Waals surface area contributed by atoms with Crippen LogP contribution in [-0.4, -0.2) is 20.9 Å². The van der Waals surface area contributed by atoms with Gasteiger partial charge in [0.15, 0.2) is 11.5 Å². The number of hydrogen-bond donors (Lipinski definition) is 2. The molecule has 1 aliphatic heterocycles. The number of imidazole rings is 1. The molecule has 0 fully saturated rings. The molecule has 5 nitrogen and oxygen atoms in total. The van der Waals surface area contributed by atoms with Gasteiger partial charge in [0.25, 0.3) is 0 Å². The zero-order valence-electron chi connectivity index (χ0n) is 16.0. The van der Waals surface area contributed by atoms with Crippen LogP contribution in [0.2, 0.25) is 0 Å². The van der Waals surface area contributed by atoms with Gasteiger partial charge in [-0.15, -0.1) is 0 Å². The summed E-state index contributed by atoms with van der Waals surface area (Å²) < 4.78 is 2.08. The molecule has 0 aliphatic carbocycles. The highest BCUT2D eigenvalue weighted by Crippen LogP contribution is 2.35. The Morgan fingerprint density at radius 2 is 2.26 bits per heavy atom. The summed E-state index contributed by atoms with van der Waals surface area (Å²) in [5.41, 5.74) is 5.23. The van der Waals surface area contributed by atoms with E-state index < -0.39 is 0 Å². The number of thioether (sulfide) groups is 1. The van der Waals surface area contributed by atoms with Crippen molar-refractivity contribution in [3.63, 3.8) is 0 Å². The van der Waals surface area contributed by atoms with E-state index in [2.05, 4.69) is 56.9 Å². The zero-order chi connectivity index (χ0) is 19.2. The Balaban J connectivity index is 1.93. The number of allylic oxidation sites excluding steroid dienone is 6. The number of hydrogen-bond acceptors (Lipinski definition) is 5. The lowest BCUT2D eigenvalue weighted by Gasteiger charge is -2.12. The van der Waals surface area contributed by atoms with Gasteiger partial charge >= 0.3 is 0 Å². The molecule has 0 atom stereocenters. The first kappa shape index (κ1) is 19.0. The Morgan fingerprint density at radius 1 is 1.41 bits per heavy atom. The van der Waals surface area contributed by atoms with Gasteiger partial charge in [0.05, 0.1) is 11.9 Å². The maximum atomic E-state index is 4.62. The Morgan fingerprint density at radius 3 is 2.96 bits per heavy atom. The third-order valence-electron chi connectivity index (χ3n) is 4.06. The van der Waals surface area contributed by atoms with Crippen molar-refractivity contribution in [1.82, 2.24) is 19.7 Å². The molecule has 0 bridgehead atoms. The first-order valence-corrected chi connectivity index (χ1v) is 9.87. The van der Waals surface area contributed by atoms with Crippen molar-refractivity contribution in [2.75, 3.05) is 11.9 Å². The van der Waals surface area contributed by atoms with Crippen LogP contribution in [0.1, 0.15) is 32.9 Å². The van der Waals surface area contributed by atoms with E-state index in [9.17, 15) is 0 Å². The summed E-state index contributed by atoms with van der Waals surface area (Å²) in [5, 5.41) is 8.88. The van der Waals surface area contributed by atoms with Gasteiger partial charge in [-0.25, -0.2) is 9.97 Å². The van der Waals surface area contributed by atoms with E-state index >= 15 is 0 Å². The molecule has 0 unspecified atom stereocenters. The summed E-state index contributed by atoms with van der Waals surface area (Å²) in [6.45, 7) is 10.9. The SMILES string of the molecule is C=C/C=C(\C=C(/C)NCC)Nc1nccn2c(C3=CCC(C)=CS3)cnc12. The third-order valence-corrected chi connectivity index (χ3v) is 5.21. The van der Waals surface area contributed by atoms with E-state index in [1.165, 1.54) is 10.5 Å². The summed E-state index contributed by atoms with van der Waals surface area (Å²) >= 11 is 1.74. The number of rotatable bonds is 7. The minimum absolute atomic E-state index is 0.713. The highest BCUT2D eigenvalue weighted by Gasteiger charge is 2.14. The molecule has 6 heteroatoms. The van der Waals surface area contributed by atoms with E-state index in [0.717, 1.165) is 35.7 Å². The molecule has 140 valence electrons. The molecule has 1 aliphatic rings. The largest absolute Gasteiger partial charge is 0.389 e. The molecule has 27 heavy (non-hydrogen) atoms. The third kappa shape index (κ3) is 4.52. The Labute approximate surface area is 164 Å². The van der Waals surface area contributed by atoms with Gasteiger partial charge in [0, 0.05) is 35.2 Å². The molecule has 0 saturated heterocycles. The van der Waals surface area contributed by atoms with Crippen molar-refractivity contribution in [3.8, 4) is 0 Å². The average molecular weight is 380 g/mol. The fourth-order valence-electron chi connectivity index (χ4n) is 2.82. The topological polar surface area (TPSA) is 54.2 Å². The van der Waals surface area contributed by atoms with Crippen LogP contribution in [0.5, 0.6) is 0 Å². The van der Waals surface area contributed by atoms with Gasteiger partial charge in [0.1, 0.15) is 0 Å². The average Bonchev–Trinajstić information content (AvgIpc) is 3.08.